The van der Waals surface area contributed by atoms with Crippen LogP contribution in [0, 0.1) is 5.92 Å². The molecule has 0 bridgehead atoms. The number of nitrogens with zero attached hydrogens (tertiary/aromatic N) is 7. The van der Waals surface area contributed by atoms with Gasteiger partial charge in [0, 0.05) is 37.6 Å². The van der Waals surface area contributed by atoms with Crippen molar-refractivity contribution in [1.82, 2.24) is 29.6 Å². The summed E-state index contributed by atoms with van der Waals surface area (Å²) in [6.07, 6.45) is 0.538. The number of carboxylic acids is 2. The lowest BCUT2D eigenvalue weighted by Gasteiger charge is -2.37. The van der Waals surface area contributed by atoms with Crippen molar-refractivity contribution in [3.05, 3.63) is 30.6 Å². The number of aliphatic carboxylic acids is 2. The molecule has 2 aliphatic heterocycles. The van der Waals surface area contributed by atoms with Gasteiger partial charge in [0.05, 0.1) is 6.54 Å². The van der Waals surface area contributed by atoms with E-state index in [1.165, 1.54) is 18.4 Å². The second-order valence-electron chi connectivity index (χ2n) is 8.59. The summed E-state index contributed by atoms with van der Waals surface area (Å²) in [4.78, 5) is 35.9. The van der Waals surface area contributed by atoms with E-state index in [2.05, 4.69) is 43.8 Å². The highest BCUT2D eigenvalue weighted by atomic mass is 19.4. The van der Waals surface area contributed by atoms with Crippen LogP contribution < -0.4 is 4.90 Å². The molecule has 2 saturated heterocycles. The smallest absolute Gasteiger partial charge is 0.475 e. The lowest BCUT2D eigenvalue weighted by Crippen LogP contribution is -2.46. The van der Waals surface area contributed by atoms with Gasteiger partial charge < -0.3 is 15.1 Å². The Kier molecular flexibility index (Phi) is 10.4. The fraction of sp³-hybridized carbons (Fsp3) is 0.619. The number of hydrogen-bond acceptors (Lipinski definition) is 8. The van der Waals surface area contributed by atoms with Crippen LogP contribution >= 0.6 is 0 Å². The molecule has 3 atom stereocenters. The predicted octanol–water partition coefficient (Wildman–Crippen LogP) is 2.50. The number of hydrogen-bond donors (Lipinski definition) is 2. The van der Waals surface area contributed by atoms with Gasteiger partial charge in [0.15, 0.2) is 0 Å². The van der Waals surface area contributed by atoms with Crippen LogP contribution in [-0.2, 0) is 22.6 Å². The minimum atomic E-state index is -5.08. The Hall–Kier alpha value is -3.50. The number of aromatic nitrogens is 5. The summed E-state index contributed by atoms with van der Waals surface area (Å²) in [6.45, 7) is 5.14. The average Bonchev–Trinajstić information content (AvgIpc) is 3.46. The van der Waals surface area contributed by atoms with Crippen molar-refractivity contribution in [2.45, 2.75) is 57.2 Å². The van der Waals surface area contributed by atoms with E-state index in [-0.39, 0.29) is 0 Å². The number of anilines is 1. The minimum absolute atomic E-state index is 0.532. The summed E-state index contributed by atoms with van der Waals surface area (Å²) in [5, 5.41) is 18.5. The molecule has 2 N–H and O–H groups in total. The third-order valence-corrected chi connectivity index (χ3v) is 6.10. The lowest BCUT2D eigenvalue weighted by molar-refractivity contribution is -0.193. The summed E-state index contributed by atoms with van der Waals surface area (Å²) in [5.74, 6) is -3.96. The van der Waals surface area contributed by atoms with E-state index in [1.54, 1.807) is 6.33 Å². The van der Waals surface area contributed by atoms with Crippen molar-refractivity contribution in [3.63, 3.8) is 0 Å². The van der Waals surface area contributed by atoms with Crippen LogP contribution in [0.4, 0.5) is 32.3 Å². The molecule has 212 valence electrons. The highest BCUT2D eigenvalue weighted by molar-refractivity contribution is 5.73. The zero-order valence-corrected chi connectivity index (χ0v) is 20.4. The van der Waals surface area contributed by atoms with Gasteiger partial charge in [-0.2, -0.15) is 31.4 Å². The Balaban J connectivity index is 0.000000301. The Labute approximate surface area is 213 Å². The number of carboxylic acid groups (broad SMARTS) is 2. The fourth-order valence-corrected chi connectivity index (χ4v) is 4.20. The summed E-state index contributed by atoms with van der Waals surface area (Å²) < 4.78 is 65.4. The minimum Gasteiger partial charge on any atom is -0.475 e. The topological polar surface area (TPSA) is 138 Å². The second-order valence-corrected chi connectivity index (χ2v) is 8.59. The molecule has 11 nitrogen and oxygen atoms in total. The Morgan fingerprint density at radius 2 is 1.61 bits per heavy atom. The number of piperidine rings is 1. The second kappa shape index (κ2) is 12.8. The zero-order chi connectivity index (χ0) is 28.7. The highest BCUT2D eigenvalue weighted by Gasteiger charge is 2.42. The number of halogens is 6. The van der Waals surface area contributed by atoms with E-state index in [0.717, 1.165) is 32.0 Å². The van der Waals surface area contributed by atoms with Gasteiger partial charge in [0.1, 0.15) is 12.7 Å². The van der Waals surface area contributed by atoms with Gasteiger partial charge in [-0.25, -0.2) is 24.5 Å². The Morgan fingerprint density at radius 1 is 1.05 bits per heavy atom. The van der Waals surface area contributed by atoms with E-state index < -0.39 is 24.3 Å². The lowest BCUT2D eigenvalue weighted by atomic mass is 9.92. The first-order valence-electron chi connectivity index (χ1n) is 11.3. The molecule has 2 aromatic rings. The third-order valence-electron chi connectivity index (χ3n) is 6.10. The molecule has 4 heterocycles. The maximum atomic E-state index is 10.6. The SMILES string of the molecule is CCc1cnc(N2CC[C@H]3[C@H](C[C@@H](Cn4cncn4)N3C)C2)nc1.O=C(O)C(F)(F)F.O=C(O)C(F)(F)F. The van der Waals surface area contributed by atoms with Crippen LogP contribution in [0.15, 0.2) is 25.0 Å². The van der Waals surface area contributed by atoms with Gasteiger partial charge >= 0.3 is 24.3 Å². The largest absolute Gasteiger partial charge is 0.490 e. The first-order valence-corrected chi connectivity index (χ1v) is 11.3. The summed E-state index contributed by atoms with van der Waals surface area (Å²) >= 11 is 0. The van der Waals surface area contributed by atoms with Crippen molar-refractivity contribution >= 4 is 17.9 Å². The molecule has 0 spiro atoms. The van der Waals surface area contributed by atoms with Gasteiger partial charge in [0.2, 0.25) is 5.95 Å². The van der Waals surface area contributed by atoms with Gasteiger partial charge in [-0.1, -0.05) is 6.92 Å². The standard InChI is InChI=1S/C17H25N7.2C2HF3O2/c1-3-13-7-19-17(20-8-13)23-5-4-16-14(9-23)6-15(22(16)2)10-24-12-18-11-21-24;2*3-2(4,5)1(6)7/h7-8,11-12,14-16H,3-6,9-10H2,1-2H3;2*(H,6,7)/t14-,15+,16+;;/m1../s1. The highest BCUT2D eigenvalue weighted by Crippen LogP contribution is 2.35. The number of carbonyl (C=O) groups is 2. The van der Waals surface area contributed by atoms with Crippen LogP contribution in [-0.4, -0.2) is 96.4 Å². The molecule has 0 amide bonds. The molecule has 0 aliphatic carbocycles. The van der Waals surface area contributed by atoms with Crippen LogP contribution in [0.2, 0.25) is 0 Å². The molecular formula is C21H27F6N7O4. The normalized spacial score (nSPS) is 21.5. The first-order chi connectivity index (χ1) is 17.6. The number of likely N-dealkylation sites (tertiary alicyclic amines) is 1. The summed E-state index contributed by atoms with van der Waals surface area (Å²) in [6, 6.07) is 1.19. The number of rotatable bonds is 4. The molecule has 38 heavy (non-hydrogen) atoms. The van der Waals surface area contributed by atoms with Crippen LogP contribution in [0.1, 0.15) is 25.3 Å². The maximum absolute atomic E-state index is 10.6. The number of fused-ring (bicyclic) bond motifs is 1. The van der Waals surface area contributed by atoms with Crippen molar-refractivity contribution in [3.8, 4) is 0 Å². The van der Waals surface area contributed by atoms with Crippen LogP contribution in [0.3, 0.4) is 0 Å². The monoisotopic (exact) mass is 555 g/mol. The number of aryl methyl sites for hydroxylation is 1. The van der Waals surface area contributed by atoms with Crippen LogP contribution in [0.25, 0.3) is 0 Å². The first kappa shape index (κ1) is 30.7. The quantitative estimate of drug-likeness (QED) is 0.542. The van der Waals surface area contributed by atoms with Crippen molar-refractivity contribution in [2.75, 3.05) is 25.0 Å². The maximum Gasteiger partial charge on any atom is 0.490 e. The molecule has 0 unspecified atom stereocenters. The Morgan fingerprint density at radius 3 is 2.05 bits per heavy atom. The van der Waals surface area contributed by atoms with Gasteiger partial charge in [0.25, 0.3) is 0 Å². The summed E-state index contributed by atoms with van der Waals surface area (Å²) in [7, 11) is 2.26. The van der Waals surface area contributed by atoms with Gasteiger partial charge in [-0.05, 0) is 37.8 Å². The number of alkyl halides is 6. The van der Waals surface area contributed by atoms with Crippen molar-refractivity contribution < 1.29 is 46.1 Å². The fourth-order valence-electron chi connectivity index (χ4n) is 4.20. The van der Waals surface area contributed by atoms with E-state index in [1.807, 2.05) is 23.4 Å². The molecule has 17 heteroatoms. The molecule has 2 fully saturated rings. The van der Waals surface area contributed by atoms with Gasteiger partial charge in [-0.15, -0.1) is 0 Å². The predicted molar refractivity (Wildman–Crippen MR) is 119 cm³/mol. The average molecular weight is 555 g/mol. The van der Waals surface area contributed by atoms with Gasteiger partial charge in [-0.3, -0.25) is 9.58 Å². The van der Waals surface area contributed by atoms with E-state index in [9.17, 15) is 26.3 Å². The molecule has 2 aliphatic rings. The summed E-state index contributed by atoms with van der Waals surface area (Å²) in [5.41, 5.74) is 1.20. The third kappa shape index (κ3) is 8.81. The molecular weight excluding hydrogens is 528 g/mol. The molecule has 0 radical (unpaired) electrons. The van der Waals surface area contributed by atoms with E-state index in [0.29, 0.717) is 18.0 Å². The van der Waals surface area contributed by atoms with E-state index >= 15 is 0 Å². The van der Waals surface area contributed by atoms with Crippen molar-refractivity contribution in [1.29, 1.82) is 0 Å². The molecule has 0 saturated carbocycles. The molecule has 4 rings (SSSR count). The zero-order valence-electron chi connectivity index (χ0n) is 20.4. The Bertz CT molecular complexity index is 1010. The molecule has 2 aromatic heterocycles. The van der Waals surface area contributed by atoms with Crippen molar-refractivity contribution in [2.24, 2.45) is 5.92 Å². The van der Waals surface area contributed by atoms with Crippen LogP contribution in [0.5, 0.6) is 0 Å². The van der Waals surface area contributed by atoms with E-state index in [4.69, 9.17) is 19.8 Å². The molecule has 0 aromatic carbocycles. The number of likely N-dealkylation sites (N-methyl/N-ethyl adjacent to an activating group) is 1.